The van der Waals surface area contributed by atoms with Gasteiger partial charge in [0, 0.05) is 13.1 Å². The van der Waals surface area contributed by atoms with E-state index < -0.39 is 0 Å². The molecule has 5 heteroatoms. The van der Waals surface area contributed by atoms with E-state index in [2.05, 4.69) is 22.0 Å². The van der Waals surface area contributed by atoms with Crippen molar-refractivity contribution in [2.45, 2.75) is 39.0 Å². The van der Waals surface area contributed by atoms with Gasteiger partial charge < -0.3 is 4.90 Å². The molecule has 0 radical (unpaired) electrons. The van der Waals surface area contributed by atoms with Crippen LogP contribution in [-0.4, -0.2) is 23.3 Å². The van der Waals surface area contributed by atoms with Gasteiger partial charge in [-0.15, -0.1) is 0 Å². The maximum absolute atomic E-state index is 11.5. The number of anilines is 1. The second-order valence-electron chi connectivity index (χ2n) is 4.97. The van der Waals surface area contributed by atoms with Crippen LogP contribution in [0.3, 0.4) is 0 Å². The van der Waals surface area contributed by atoms with E-state index in [0.29, 0.717) is 0 Å². The average molecular weight is 270 g/mol. The molecule has 1 aromatic rings. The van der Waals surface area contributed by atoms with Crippen LogP contribution >= 0.6 is 11.6 Å². The smallest absolute Gasteiger partial charge is 0.285 e. The molecule has 2 heterocycles. The number of nitrogens with one attached hydrogen (secondary N) is 1. The lowest BCUT2D eigenvalue weighted by molar-refractivity contribution is 0.435. The van der Waals surface area contributed by atoms with Crippen LogP contribution < -0.4 is 10.5 Å². The maximum Gasteiger partial charge on any atom is 0.285 e. The minimum absolute atomic E-state index is 0.263. The van der Waals surface area contributed by atoms with Crippen molar-refractivity contribution in [3.63, 3.8) is 0 Å². The highest BCUT2D eigenvalue weighted by atomic mass is 35.5. The van der Waals surface area contributed by atoms with Gasteiger partial charge in [0.15, 0.2) is 0 Å². The van der Waals surface area contributed by atoms with Gasteiger partial charge in [0.1, 0.15) is 5.02 Å². The number of rotatable bonds is 3. The van der Waals surface area contributed by atoms with Crippen LogP contribution in [-0.2, 0) is 0 Å². The fourth-order valence-corrected chi connectivity index (χ4v) is 2.91. The normalized spacial score (nSPS) is 20.8. The summed E-state index contributed by atoms with van der Waals surface area (Å²) in [5, 5.41) is 6.47. The molecule has 0 saturated carbocycles. The maximum atomic E-state index is 11.5. The monoisotopic (exact) mass is 269 g/mol. The highest BCUT2D eigenvalue weighted by Crippen LogP contribution is 2.27. The Balaban J connectivity index is 2.10. The predicted molar refractivity (Wildman–Crippen MR) is 74.3 cm³/mol. The summed E-state index contributed by atoms with van der Waals surface area (Å²) in [7, 11) is 0. The van der Waals surface area contributed by atoms with E-state index in [4.69, 9.17) is 11.6 Å². The van der Waals surface area contributed by atoms with Gasteiger partial charge in [0.2, 0.25) is 0 Å². The zero-order chi connectivity index (χ0) is 13.0. The molecule has 1 saturated heterocycles. The molecule has 0 aliphatic carbocycles. The van der Waals surface area contributed by atoms with Crippen molar-refractivity contribution in [3.05, 3.63) is 21.6 Å². The average Bonchev–Trinajstić information content (AvgIpc) is 2.59. The Morgan fingerprint density at radius 2 is 2.33 bits per heavy atom. The standard InChI is InChI=1S/C13H20ClN3O/c1-2-4-10-5-3-7-17(8-6-10)11-9-15-16-13(18)12(11)14/h9-10H,2-8H2,1H3,(H,16,18). The summed E-state index contributed by atoms with van der Waals surface area (Å²) >= 11 is 6.05. The molecule has 1 aliphatic rings. The van der Waals surface area contributed by atoms with Crippen LogP contribution in [0.4, 0.5) is 5.69 Å². The van der Waals surface area contributed by atoms with E-state index in [-0.39, 0.29) is 10.6 Å². The first-order valence-electron chi connectivity index (χ1n) is 6.70. The summed E-state index contributed by atoms with van der Waals surface area (Å²) in [4.78, 5) is 13.7. The summed E-state index contributed by atoms with van der Waals surface area (Å²) in [5.41, 5.74) is 0.473. The third-order valence-electron chi connectivity index (χ3n) is 3.66. The van der Waals surface area contributed by atoms with Crippen LogP contribution in [0.2, 0.25) is 5.02 Å². The lowest BCUT2D eigenvalue weighted by Gasteiger charge is -2.22. The summed E-state index contributed by atoms with van der Waals surface area (Å²) in [6, 6.07) is 0. The molecule has 1 atom stereocenters. The molecular formula is C13H20ClN3O. The Morgan fingerprint density at radius 3 is 3.11 bits per heavy atom. The van der Waals surface area contributed by atoms with Gasteiger partial charge in [0.05, 0.1) is 11.9 Å². The van der Waals surface area contributed by atoms with Gasteiger partial charge in [-0.25, -0.2) is 5.10 Å². The highest BCUT2D eigenvalue weighted by molar-refractivity contribution is 6.32. The van der Waals surface area contributed by atoms with Crippen LogP contribution in [0.1, 0.15) is 39.0 Å². The summed E-state index contributed by atoms with van der Waals surface area (Å²) in [6.45, 7) is 4.17. The molecule has 4 nitrogen and oxygen atoms in total. The molecule has 0 spiro atoms. The Labute approximate surface area is 112 Å². The Bertz CT molecular complexity index is 446. The zero-order valence-electron chi connectivity index (χ0n) is 10.8. The minimum Gasteiger partial charge on any atom is -0.369 e. The molecule has 100 valence electrons. The molecule has 2 rings (SSSR count). The topological polar surface area (TPSA) is 49.0 Å². The fraction of sp³-hybridized carbons (Fsp3) is 0.692. The summed E-state index contributed by atoms with van der Waals surface area (Å²) in [5.74, 6) is 0.814. The van der Waals surface area contributed by atoms with Gasteiger partial charge in [-0.05, 0) is 25.2 Å². The minimum atomic E-state index is -0.302. The van der Waals surface area contributed by atoms with E-state index >= 15 is 0 Å². The number of aromatic nitrogens is 2. The third kappa shape index (κ3) is 3.05. The fourth-order valence-electron chi connectivity index (χ4n) is 2.70. The molecule has 18 heavy (non-hydrogen) atoms. The lowest BCUT2D eigenvalue weighted by atomic mass is 9.96. The van der Waals surface area contributed by atoms with E-state index in [1.165, 1.54) is 25.7 Å². The van der Waals surface area contributed by atoms with Crippen LogP contribution in [0.5, 0.6) is 0 Å². The number of H-pyrrole nitrogens is 1. The second-order valence-corrected chi connectivity index (χ2v) is 5.35. The van der Waals surface area contributed by atoms with Gasteiger partial charge in [-0.3, -0.25) is 4.79 Å². The van der Waals surface area contributed by atoms with Crippen molar-refractivity contribution in [2.75, 3.05) is 18.0 Å². The number of nitrogens with zero attached hydrogens (tertiary/aromatic N) is 2. The molecule has 1 fully saturated rings. The molecule has 0 bridgehead atoms. The van der Waals surface area contributed by atoms with E-state index in [1.54, 1.807) is 6.20 Å². The molecule has 0 amide bonds. The number of halogens is 1. The van der Waals surface area contributed by atoms with E-state index in [0.717, 1.165) is 31.1 Å². The first kappa shape index (κ1) is 13.4. The Hall–Kier alpha value is -1.03. The summed E-state index contributed by atoms with van der Waals surface area (Å²) in [6.07, 6.45) is 7.82. The van der Waals surface area contributed by atoms with Crippen molar-refractivity contribution >= 4 is 17.3 Å². The van der Waals surface area contributed by atoms with Crippen LogP contribution in [0.15, 0.2) is 11.0 Å². The van der Waals surface area contributed by atoms with Crippen molar-refractivity contribution in [3.8, 4) is 0 Å². The van der Waals surface area contributed by atoms with E-state index in [1.807, 2.05) is 0 Å². The van der Waals surface area contributed by atoms with Crippen molar-refractivity contribution in [2.24, 2.45) is 5.92 Å². The third-order valence-corrected chi connectivity index (χ3v) is 4.03. The first-order valence-corrected chi connectivity index (χ1v) is 7.08. The molecule has 0 aromatic carbocycles. The molecule has 1 unspecified atom stereocenters. The van der Waals surface area contributed by atoms with Gasteiger partial charge in [-0.2, -0.15) is 5.10 Å². The Morgan fingerprint density at radius 1 is 1.50 bits per heavy atom. The lowest BCUT2D eigenvalue weighted by Crippen LogP contribution is -2.27. The van der Waals surface area contributed by atoms with Gasteiger partial charge >= 0.3 is 0 Å². The second kappa shape index (κ2) is 6.23. The quantitative estimate of drug-likeness (QED) is 0.918. The Kier molecular flexibility index (Phi) is 4.64. The predicted octanol–water partition coefficient (Wildman–Crippen LogP) is 2.83. The van der Waals surface area contributed by atoms with Crippen molar-refractivity contribution in [1.29, 1.82) is 0 Å². The van der Waals surface area contributed by atoms with Gasteiger partial charge in [0.25, 0.3) is 5.56 Å². The zero-order valence-corrected chi connectivity index (χ0v) is 11.5. The molecule has 1 aromatic heterocycles. The van der Waals surface area contributed by atoms with Crippen LogP contribution in [0, 0.1) is 5.92 Å². The number of aromatic amines is 1. The molecule has 1 aliphatic heterocycles. The SMILES string of the molecule is CCCC1CCCN(c2cn[nH]c(=O)c2Cl)CC1. The largest absolute Gasteiger partial charge is 0.369 e. The summed E-state index contributed by atoms with van der Waals surface area (Å²) < 4.78 is 0. The van der Waals surface area contributed by atoms with Crippen molar-refractivity contribution in [1.82, 2.24) is 10.2 Å². The number of hydrogen-bond acceptors (Lipinski definition) is 3. The number of hydrogen-bond donors (Lipinski definition) is 1. The first-order chi connectivity index (χ1) is 8.72. The van der Waals surface area contributed by atoms with Crippen LogP contribution in [0.25, 0.3) is 0 Å². The van der Waals surface area contributed by atoms with E-state index in [9.17, 15) is 4.79 Å². The van der Waals surface area contributed by atoms with Crippen molar-refractivity contribution < 1.29 is 0 Å². The highest BCUT2D eigenvalue weighted by Gasteiger charge is 2.19. The molecular weight excluding hydrogens is 250 g/mol. The molecule has 1 N–H and O–H groups in total. The van der Waals surface area contributed by atoms with Gasteiger partial charge in [-0.1, -0.05) is 31.4 Å².